The second-order valence-corrected chi connectivity index (χ2v) is 5.75. The van der Waals surface area contributed by atoms with E-state index in [1.165, 1.54) is 11.9 Å². The summed E-state index contributed by atoms with van der Waals surface area (Å²) in [7, 11) is 1.49. The molecule has 0 saturated heterocycles. The summed E-state index contributed by atoms with van der Waals surface area (Å²) >= 11 is 0. The van der Waals surface area contributed by atoms with E-state index in [1.807, 2.05) is 6.07 Å². The highest BCUT2D eigenvalue weighted by Crippen LogP contribution is 2.18. The minimum Gasteiger partial charge on any atom is -0.352 e. The van der Waals surface area contributed by atoms with Gasteiger partial charge in [0.25, 0.3) is 5.56 Å². The van der Waals surface area contributed by atoms with Gasteiger partial charge < -0.3 is 10.2 Å². The minimum absolute atomic E-state index is 0.0144. The van der Waals surface area contributed by atoms with Crippen molar-refractivity contribution >= 4 is 11.8 Å². The van der Waals surface area contributed by atoms with Crippen molar-refractivity contribution in [1.82, 2.24) is 20.0 Å². The number of amides is 2. The van der Waals surface area contributed by atoms with Crippen molar-refractivity contribution in [3.05, 3.63) is 27.2 Å². The number of carbonyl (C=O) groups excluding carboxylic acids is 2. The third-order valence-electron chi connectivity index (χ3n) is 3.78. The van der Waals surface area contributed by atoms with E-state index in [1.54, 1.807) is 13.8 Å². The van der Waals surface area contributed by atoms with Crippen LogP contribution in [0.1, 0.15) is 29.7 Å². The first-order chi connectivity index (χ1) is 10.8. The molecule has 1 aromatic heterocycles. The number of aryl methyl sites for hydroxylation is 1. The lowest BCUT2D eigenvalue weighted by Gasteiger charge is -2.17. The highest BCUT2D eigenvalue weighted by Gasteiger charge is 2.24. The van der Waals surface area contributed by atoms with E-state index < -0.39 is 11.5 Å². The molecule has 1 N–H and O–H groups in total. The van der Waals surface area contributed by atoms with Crippen LogP contribution in [0.5, 0.6) is 0 Å². The first kappa shape index (κ1) is 16.7. The van der Waals surface area contributed by atoms with Gasteiger partial charge in [-0.05, 0) is 32.3 Å². The van der Waals surface area contributed by atoms with Gasteiger partial charge in [0.15, 0.2) is 0 Å². The third-order valence-corrected chi connectivity index (χ3v) is 3.78. The van der Waals surface area contributed by atoms with Crippen molar-refractivity contribution < 1.29 is 9.59 Å². The number of hydrogen-bond acceptors (Lipinski definition) is 5. The third kappa shape index (κ3) is 3.94. The summed E-state index contributed by atoms with van der Waals surface area (Å²) in [5.41, 5.74) is 0.417. The molecule has 122 valence electrons. The number of nitriles is 1. The summed E-state index contributed by atoms with van der Waals surface area (Å²) in [6.07, 6.45) is 1.95. The number of nitrogens with zero attached hydrogens (tertiary/aromatic N) is 4. The fourth-order valence-electron chi connectivity index (χ4n) is 2.06. The zero-order chi connectivity index (χ0) is 17.1. The first-order valence-corrected chi connectivity index (χ1v) is 7.35. The monoisotopic (exact) mass is 317 g/mol. The molecule has 1 aliphatic rings. The van der Waals surface area contributed by atoms with Gasteiger partial charge in [0, 0.05) is 13.1 Å². The van der Waals surface area contributed by atoms with Gasteiger partial charge in [-0.15, -0.1) is 0 Å². The van der Waals surface area contributed by atoms with E-state index in [0.29, 0.717) is 11.3 Å². The Morgan fingerprint density at radius 3 is 2.65 bits per heavy atom. The van der Waals surface area contributed by atoms with Crippen LogP contribution in [0.2, 0.25) is 0 Å². The number of aromatic nitrogens is 2. The van der Waals surface area contributed by atoms with Crippen LogP contribution in [0.25, 0.3) is 0 Å². The smallest absolute Gasteiger partial charge is 0.285 e. The molecule has 0 bridgehead atoms. The maximum Gasteiger partial charge on any atom is 0.285 e. The number of hydrogen-bond donors (Lipinski definition) is 1. The molecule has 0 radical (unpaired) electrons. The zero-order valence-electron chi connectivity index (χ0n) is 13.4. The molecular formula is C15H19N5O3. The molecule has 1 fully saturated rings. The predicted octanol–water partition coefficient (Wildman–Crippen LogP) is -0.531. The van der Waals surface area contributed by atoms with E-state index in [-0.39, 0.29) is 30.6 Å². The summed E-state index contributed by atoms with van der Waals surface area (Å²) in [5.74, 6) is -0.640. The Balaban J connectivity index is 2.07. The van der Waals surface area contributed by atoms with Gasteiger partial charge >= 0.3 is 0 Å². The summed E-state index contributed by atoms with van der Waals surface area (Å²) in [5, 5.41) is 15.9. The maximum absolute atomic E-state index is 12.2. The Morgan fingerprint density at radius 2 is 2.09 bits per heavy atom. The molecule has 0 aliphatic heterocycles. The van der Waals surface area contributed by atoms with Crippen LogP contribution in [-0.4, -0.2) is 46.1 Å². The number of nitrogens with one attached hydrogen (secondary N) is 1. The summed E-state index contributed by atoms with van der Waals surface area (Å²) in [6, 6.07) is 2.08. The van der Waals surface area contributed by atoms with Gasteiger partial charge in [0.1, 0.15) is 18.2 Å². The van der Waals surface area contributed by atoms with Gasteiger partial charge in [-0.25, -0.2) is 4.68 Å². The van der Waals surface area contributed by atoms with E-state index in [9.17, 15) is 14.4 Å². The summed E-state index contributed by atoms with van der Waals surface area (Å²) in [6.45, 7) is 2.94. The Hall–Kier alpha value is -2.69. The van der Waals surface area contributed by atoms with E-state index in [0.717, 1.165) is 17.5 Å². The molecule has 2 rings (SSSR count). The molecule has 0 unspecified atom stereocenters. The summed E-state index contributed by atoms with van der Waals surface area (Å²) < 4.78 is 0.971. The van der Waals surface area contributed by atoms with Crippen molar-refractivity contribution in [3.8, 4) is 6.07 Å². The van der Waals surface area contributed by atoms with Gasteiger partial charge in [-0.3, -0.25) is 14.4 Å². The number of carbonyl (C=O) groups is 2. The van der Waals surface area contributed by atoms with Gasteiger partial charge in [0.05, 0.1) is 12.2 Å². The Kier molecular flexibility index (Phi) is 4.79. The van der Waals surface area contributed by atoms with Crippen LogP contribution in [0.15, 0.2) is 4.79 Å². The minimum atomic E-state index is -0.597. The highest BCUT2D eigenvalue weighted by atomic mass is 16.2. The quantitative estimate of drug-likeness (QED) is 0.785. The van der Waals surface area contributed by atoms with Crippen LogP contribution in [0.4, 0.5) is 0 Å². The van der Waals surface area contributed by atoms with Crippen LogP contribution in [0, 0.1) is 25.2 Å². The van der Waals surface area contributed by atoms with E-state index in [2.05, 4.69) is 10.4 Å². The average Bonchev–Trinajstić information content (AvgIpc) is 3.29. The highest BCUT2D eigenvalue weighted by molar-refractivity contribution is 5.84. The molecule has 1 aromatic rings. The van der Waals surface area contributed by atoms with Crippen molar-refractivity contribution in [2.24, 2.45) is 0 Å². The maximum atomic E-state index is 12.2. The van der Waals surface area contributed by atoms with Crippen LogP contribution in [0.3, 0.4) is 0 Å². The largest absolute Gasteiger partial charge is 0.352 e. The lowest BCUT2D eigenvalue weighted by Crippen LogP contribution is -2.42. The van der Waals surface area contributed by atoms with E-state index >= 15 is 0 Å². The van der Waals surface area contributed by atoms with Crippen LogP contribution in [-0.2, 0) is 16.1 Å². The van der Waals surface area contributed by atoms with E-state index in [4.69, 9.17) is 5.26 Å². The summed E-state index contributed by atoms with van der Waals surface area (Å²) in [4.78, 5) is 37.2. The van der Waals surface area contributed by atoms with Crippen molar-refractivity contribution in [3.63, 3.8) is 0 Å². The van der Waals surface area contributed by atoms with Gasteiger partial charge in [0.2, 0.25) is 11.8 Å². The van der Waals surface area contributed by atoms with Crippen molar-refractivity contribution in [2.45, 2.75) is 39.3 Å². The second kappa shape index (κ2) is 6.60. The fourth-order valence-corrected chi connectivity index (χ4v) is 2.06. The Labute approximate surface area is 133 Å². The van der Waals surface area contributed by atoms with Crippen LogP contribution >= 0.6 is 0 Å². The molecular weight excluding hydrogens is 298 g/mol. The molecule has 8 nitrogen and oxygen atoms in total. The molecule has 0 spiro atoms. The van der Waals surface area contributed by atoms with Crippen molar-refractivity contribution in [1.29, 1.82) is 5.26 Å². The van der Waals surface area contributed by atoms with Crippen LogP contribution < -0.4 is 10.9 Å². The lowest BCUT2D eigenvalue weighted by molar-refractivity contribution is -0.135. The predicted molar refractivity (Wildman–Crippen MR) is 81.5 cm³/mol. The molecule has 2 amide bonds. The SMILES string of the molecule is Cc1nn(CC(=O)N(C)CC(=O)NC2CC2)c(=O)c(C#N)c1C. The fraction of sp³-hybridized carbons (Fsp3) is 0.533. The molecule has 1 saturated carbocycles. The molecule has 8 heteroatoms. The standard InChI is InChI=1S/C15H19N5O3/c1-9-10(2)18-20(15(23)12(9)6-16)8-14(22)19(3)7-13(21)17-11-4-5-11/h11H,4-5,7-8H2,1-3H3,(H,17,21). The molecule has 1 aliphatic carbocycles. The zero-order valence-corrected chi connectivity index (χ0v) is 13.4. The Bertz CT molecular complexity index is 743. The average molecular weight is 317 g/mol. The normalized spacial score (nSPS) is 13.3. The molecule has 1 heterocycles. The number of rotatable bonds is 5. The lowest BCUT2D eigenvalue weighted by atomic mass is 10.1. The first-order valence-electron chi connectivity index (χ1n) is 7.35. The molecule has 0 aromatic carbocycles. The Morgan fingerprint density at radius 1 is 1.43 bits per heavy atom. The second-order valence-electron chi connectivity index (χ2n) is 5.75. The number of likely N-dealkylation sites (N-methyl/N-ethyl adjacent to an activating group) is 1. The van der Waals surface area contributed by atoms with Gasteiger partial charge in [-0.1, -0.05) is 0 Å². The molecule has 23 heavy (non-hydrogen) atoms. The van der Waals surface area contributed by atoms with Crippen molar-refractivity contribution in [2.75, 3.05) is 13.6 Å². The van der Waals surface area contributed by atoms with Gasteiger partial charge in [-0.2, -0.15) is 10.4 Å². The topological polar surface area (TPSA) is 108 Å². The molecule has 0 atom stereocenters.